The molecule has 19 heavy (non-hydrogen) atoms. The van der Waals surface area contributed by atoms with Crippen LogP contribution in [0.5, 0.6) is 0 Å². The summed E-state index contributed by atoms with van der Waals surface area (Å²) in [5.41, 5.74) is 2.89. The van der Waals surface area contributed by atoms with Crippen LogP contribution < -0.4 is 10.6 Å². The van der Waals surface area contributed by atoms with Crippen molar-refractivity contribution in [3.63, 3.8) is 0 Å². The Labute approximate surface area is 124 Å². The molecular weight excluding hydrogens is 328 g/mol. The normalized spacial score (nSPS) is 13.7. The fourth-order valence-corrected chi connectivity index (χ4v) is 2.82. The zero-order valence-electron chi connectivity index (χ0n) is 11.5. The summed E-state index contributed by atoms with van der Waals surface area (Å²) in [6.07, 6.45) is 1.62. The van der Waals surface area contributed by atoms with E-state index in [-0.39, 0.29) is 12.1 Å². The monoisotopic (exact) mass is 346 g/mol. The van der Waals surface area contributed by atoms with Gasteiger partial charge in [0, 0.05) is 39.0 Å². The van der Waals surface area contributed by atoms with E-state index in [2.05, 4.69) is 26.6 Å². The molecule has 1 rings (SSSR count). The van der Waals surface area contributed by atoms with Gasteiger partial charge < -0.3 is 10.6 Å². The minimum Gasteiger partial charge on any atom is -0.334 e. The van der Waals surface area contributed by atoms with Crippen LogP contribution in [-0.2, 0) is 10.8 Å². The molecule has 0 bridgehead atoms. The average molecular weight is 347 g/mol. The first-order chi connectivity index (χ1) is 8.79. The molecule has 0 saturated carbocycles. The molecule has 0 aliphatic rings. The van der Waals surface area contributed by atoms with E-state index >= 15 is 0 Å². The number of aryl methyl sites for hydroxylation is 2. The van der Waals surface area contributed by atoms with Crippen LogP contribution >= 0.6 is 15.9 Å². The predicted molar refractivity (Wildman–Crippen MR) is 84.2 cm³/mol. The second kappa shape index (κ2) is 7.05. The van der Waals surface area contributed by atoms with Crippen LogP contribution in [0, 0.1) is 13.8 Å². The summed E-state index contributed by atoms with van der Waals surface area (Å²) in [4.78, 5) is 11.8. The molecule has 0 unspecified atom stereocenters. The molecule has 0 saturated heterocycles. The van der Waals surface area contributed by atoms with E-state index < -0.39 is 10.8 Å². The maximum Gasteiger partial charge on any atom is 0.319 e. The number of rotatable bonds is 4. The molecule has 2 N–H and O–H groups in total. The third-order valence-electron chi connectivity index (χ3n) is 2.56. The largest absolute Gasteiger partial charge is 0.334 e. The Morgan fingerprint density at radius 1 is 1.37 bits per heavy atom. The lowest BCUT2D eigenvalue weighted by molar-refractivity contribution is 0.250. The predicted octanol–water partition coefficient (Wildman–Crippen LogP) is 2.95. The van der Waals surface area contributed by atoms with Gasteiger partial charge in [0.1, 0.15) is 0 Å². The highest BCUT2D eigenvalue weighted by molar-refractivity contribution is 9.10. The Morgan fingerprint density at radius 2 is 1.89 bits per heavy atom. The molecule has 0 spiro atoms. The zero-order valence-corrected chi connectivity index (χ0v) is 13.9. The van der Waals surface area contributed by atoms with Gasteiger partial charge in [-0.1, -0.05) is 15.9 Å². The standard InChI is InChI=1S/C13H19BrN2O2S/c1-8-5-11(6-9(2)12(8)14)16-13(17)15-10(3)7-19(4)18/h5-6,10H,7H2,1-4H3,(H2,15,16,17)/t10-,19+/m0/s1. The molecule has 0 heterocycles. The molecule has 0 fully saturated rings. The summed E-state index contributed by atoms with van der Waals surface area (Å²) in [6, 6.07) is 3.40. The van der Waals surface area contributed by atoms with Gasteiger partial charge in [0.15, 0.2) is 0 Å². The van der Waals surface area contributed by atoms with Crippen molar-refractivity contribution < 1.29 is 9.00 Å². The minimum atomic E-state index is -0.918. The molecule has 0 radical (unpaired) electrons. The van der Waals surface area contributed by atoms with Gasteiger partial charge in [-0.3, -0.25) is 4.21 Å². The number of carbonyl (C=O) groups excluding carboxylic acids is 1. The highest BCUT2D eigenvalue weighted by atomic mass is 79.9. The summed E-state index contributed by atoms with van der Waals surface area (Å²) in [5, 5.41) is 5.54. The molecule has 0 aromatic heterocycles. The summed E-state index contributed by atoms with van der Waals surface area (Å²) in [6.45, 7) is 5.78. The van der Waals surface area contributed by atoms with Gasteiger partial charge in [0.2, 0.25) is 0 Å². The molecule has 4 nitrogen and oxygen atoms in total. The number of anilines is 1. The van der Waals surface area contributed by atoms with E-state index in [1.807, 2.05) is 32.9 Å². The van der Waals surface area contributed by atoms with Crippen LogP contribution in [0.1, 0.15) is 18.1 Å². The van der Waals surface area contributed by atoms with Crippen molar-refractivity contribution >= 4 is 38.4 Å². The highest BCUT2D eigenvalue weighted by Gasteiger charge is 2.10. The number of urea groups is 1. The van der Waals surface area contributed by atoms with Gasteiger partial charge in [-0.25, -0.2) is 4.79 Å². The Bertz CT molecular complexity index is 482. The lowest BCUT2D eigenvalue weighted by Crippen LogP contribution is -2.39. The van der Waals surface area contributed by atoms with Crippen molar-refractivity contribution in [2.75, 3.05) is 17.3 Å². The summed E-state index contributed by atoms with van der Waals surface area (Å²) in [5.74, 6) is 0.450. The van der Waals surface area contributed by atoms with Gasteiger partial charge in [-0.2, -0.15) is 0 Å². The molecule has 0 aliphatic heterocycles. The number of hydrogen-bond acceptors (Lipinski definition) is 2. The van der Waals surface area contributed by atoms with E-state index in [0.29, 0.717) is 5.75 Å². The van der Waals surface area contributed by atoms with E-state index in [9.17, 15) is 9.00 Å². The molecule has 2 amide bonds. The Morgan fingerprint density at radius 3 is 2.37 bits per heavy atom. The molecule has 1 aromatic rings. The maximum absolute atomic E-state index is 11.8. The summed E-state index contributed by atoms with van der Waals surface area (Å²) >= 11 is 3.48. The van der Waals surface area contributed by atoms with Crippen molar-refractivity contribution in [3.8, 4) is 0 Å². The van der Waals surface area contributed by atoms with Crippen molar-refractivity contribution in [3.05, 3.63) is 27.7 Å². The van der Waals surface area contributed by atoms with Crippen molar-refractivity contribution in [1.82, 2.24) is 5.32 Å². The zero-order chi connectivity index (χ0) is 14.6. The second-order valence-electron chi connectivity index (χ2n) is 4.66. The number of halogens is 1. The van der Waals surface area contributed by atoms with Crippen LogP contribution in [0.25, 0.3) is 0 Å². The quantitative estimate of drug-likeness (QED) is 0.880. The van der Waals surface area contributed by atoms with E-state index in [0.717, 1.165) is 21.3 Å². The van der Waals surface area contributed by atoms with Gasteiger partial charge in [-0.15, -0.1) is 0 Å². The molecule has 0 aliphatic carbocycles. The molecule has 106 valence electrons. The van der Waals surface area contributed by atoms with Gasteiger partial charge in [0.25, 0.3) is 0 Å². The minimum absolute atomic E-state index is 0.122. The number of benzene rings is 1. The molecule has 2 atom stereocenters. The van der Waals surface area contributed by atoms with Crippen LogP contribution in [0.15, 0.2) is 16.6 Å². The van der Waals surface area contributed by atoms with E-state index in [4.69, 9.17) is 0 Å². The van der Waals surface area contributed by atoms with Crippen LogP contribution in [0.4, 0.5) is 10.5 Å². The van der Waals surface area contributed by atoms with E-state index in [1.165, 1.54) is 0 Å². The molecule has 6 heteroatoms. The van der Waals surface area contributed by atoms with E-state index in [1.54, 1.807) is 6.26 Å². The second-order valence-corrected chi connectivity index (χ2v) is 6.94. The van der Waals surface area contributed by atoms with Gasteiger partial charge >= 0.3 is 6.03 Å². The van der Waals surface area contributed by atoms with Crippen LogP contribution in [-0.4, -0.2) is 28.3 Å². The Kier molecular flexibility index (Phi) is 6.00. The van der Waals surface area contributed by atoms with Gasteiger partial charge in [-0.05, 0) is 44.0 Å². The van der Waals surface area contributed by atoms with Crippen LogP contribution in [0.2, 0.25) is 0 Å². The third kappa shape index (κ3) is 5.32. The number of nitrogens with one attached hydrogen (secondary N) is 2. The lowest BCUT2D eigenvalue weighted by atomic mass is 10.1. The summed E-state index contributed by atoms with van der Waals surface area (Å²) < 4.78 is 12.1. The fraction of sp³-hybridized carbons (Fsp3) is 0.462. The first kappa shape index (κ1) is 16.2. The van der Waals surface area contributed by atoms with Gasteiger partial charge in [0.05, 0.1) is 0 Å². The number of carbonyl (C=O) groups is 1. The summed E-state index contributed by atoms with van der Waals surface area (Å²) in [7, 11) is -0.918. The smallest absolute Gasteiger partial charge is 0.319 e. The number of hydrogen-bond donors (Lipinski definition) is 2. The molecular formula is C13H19BrN2O2S. The first-order valence-electron chi connectivity index (χ1n) is 5.94. The topological polar surface area (TPSA) is 58.2 Å². The number of amides is 2. The maximum atomic E-state index is 11.8. The Balaban J connectivity index is 2.65. The highest BCUT2D eigenvalue weighted by Crippen LogP contribution is 2.24. The van der Waals surface area contributed by atoms with Crippen LogP contribution in [0.3, 0.4) is 0 Å². The molecule has 1 aromatic carbocycles. The first-order valence-corrected chi connectivity index (χ1v) is 8.46. The lowest BCUT2D eigenvalue weighted by Gasteiger charge is -2.14. The fourth-order valence-electron chi connectivity index (χ4n) is 1.80. The van der Waals surface area contributed by atoms with Crippen molar-refractivity contribution in [2.24, 2.45) is 0 Å². The third-order valence-corrected chi connectivity index (χ3v) is 4.78. The Hall–Kier alpha value is -0.880. The SMILES string of the molecule is Cc1cc(NC(=O)N[C@@H](C)C[S@@](C)=O)cc(C)c1Br. The van der Waals surface area contributed by atoms with Crippen molar-refractivity contribution in [2.45, 2.75) is 26.8 Å². The average Bonchev–Trinajstić information content (AvgIpc) is 2.23. The van der Waals surface area contributed by atoms with Crippen molar-refractivity contribution in [1.29, 1.82) is 0 Å².